The molecule has 55 heavy (non-hydrogen) atoms. The average molecular weight is 756 g/mol. The van der Waals surface area contributed by atoms with E-state index in [1.165, 1.54) is 44.2 Å². The van der Waals surface area contributed by atoms with Crippen molar-refractivity contribution in [3.8, 4) is 41.2 Å². The third-order valence-corrected chi connectivity index (χ3v) is 12.9. The number of hydrogen-bond donors (Lipinski definition) is 2. The molecule has 2 saturated carbocycles. The Hall–Kier alpha value is -4.35. The average Bonchev–Trinajstić information content (AvgIpc) is 3.92. The van der Waals surface area contributed by atoms with Gasteiger partial charge in [-0.15, -0.1) is 6.42 Å². The summed E-state index contributed by atoms with van der Waals surface area (Å²) in [6.45, 7) is 3.14. The van der Waals surface area contributed by atoms with Crippen molar-refractivity contribution in [2.75, 3.05) is 58.1 Å². The Bertz CT molecular complexity index is 2170. The molecule has 0 amide bonds. The number of rotatable bonds is 7. The Balaban J connectivity index is 1.14. The zero-order valence-electron chi connectivity index (χ0n) is 31.2. The lowest BCUT2D eigenvalue weighted by atomic mass is 9.74. The highest BCUT2D eigenvalue weighted by molar-refractivity contribution is 6.04. The number of aromatic nitrogens is 3. The zero-order valence-corrected chi connectivity index (χ0v) is 31.2. The lowest BCUT2D eigenvalue weighted by Gasteiger charge is -2.48. The summed E-state index contributed by atoms with van der Waals surface area (Å²) in [5, 5.41) is 22.3. The maximum Gasteiger partial charge on any atom is 0.319 e. The topological polar surface area (TPSA) is 123 Å². The van der Waals surface area contributed by atoms with Crippen LogP contribution in [-0.4, -0.2) is 107 Å². The number of methoxy groups -OCH3 is 1. The predicted octanol–water partition coefficient (Wildman–Crippen LogP) is 6.13. The summed E-state index contributed by atoms with van der Waals surface area (Å²) in [5.74, 6) is 0.973. The highest BCUT2D eigenvalue weighted by Crippen LogP contribution is 2.51. The molecule has 1 spiro atoms. The summed E-state index contributed by atoms with van der Waals surface area (Å²) in [6, 6.07) is 6.14. The van der Waals surface area contributed by atoms with E-state index in [4.69, 9.17) is 35.3 Å². The van der Waals surface area contributed by atoms with Gasteiger partial charge in [-0.3, -0.25) is 4.90 Å². The number of aromatic hydroxyl groups is 1. The predicted molar refractivity (Wildman–Crippen MR) is 202 cm³/mol. The zero-order chi connectivity index (χ0) is 37.9. The van der Waals surface area contributed by atoms with Crippen LogP contribution >= 0.6 is 0 Å². The van der Waals surface area contributed by atoms with Crippen LogP contribution in [-0.2, 0) is 9.47 Å². The minimum absolute atomic E-state index is 0.000974. The third kappa shape index (κ3) is 6.31. The molecule has 3 aliphatic heterocycles. The number of halogens is 2. The van der Waals surface area contributed by atoms with Crippen molar-refractivity contribution in [2.45, 2.75) is 88.0 Å². The number of aliphatic hydroxyl groups is 1. The molecule has 4 unspecified atom stereocenters. The van der Waals surface area contributed by atoms with Crippen LogP contribution < -0.4 is 14.4 Å². The summed E-state index contributed by atoms with van der Waals surface area (Å²) in [4.78, 5) is 18.7. The van der Waals surface area contributed by atoms with Crippen molar-refractivity contribution >= 4 is 27.5 Å². The standard InChI is InChI=1S/C42H47F2N5O6/c1-3-29-31(43)10-9-25-18-27(50)19-30(33(25)29)36-35(44)37-34(39(45-36)52-2)38(48-16-17-53-23-28(51)21-48)47-40(46-37)54-24-41-11-6-8-32(41)49(15-7-12-41)26-20-42(55-22-26)13-4-5-14-42/h1,9-10,18-19,26,28,32,50-51H,4-8,11-17,20-24H2,2H3. The number of pyridine rings is 1. The second-order valence-electron chi connectivity index (χ2n) is 16.1. The molecule has 0 radical (unpaired) electrons. The van der Waals surface area contributed by atoms with Gasteiger partial charge in [-0.25, -0.2) is 13.8 Å². The summed E-state index contributed by atoms with van der Waals surface area (Å²) in [7, 11) is 1.41. The van der Waals surface area contributed by atoms with Crippen LogP contribution in [0.4, 0.5) is 14.6 Å². The van der Waals surface area contributed by atoms with Crippen LogP contribution in [0.15, 0.2) is 24.3 Å². The first-order chi connectivity index (χ1) is 26.7. The molecule has 9 rings (SSSR count). The van der Waals surface area contributed by atoms with Crippen LogP contribution in [0.25, 0.3) is 32.9 Å². The molecule has 4 aromatic rings. The molecule has 5 fully saturated rings. The van der Waals surface area contributed by atoms with Gasteiger partial charge in [-0.05, 0) is 75.1 Å². The number of aliphatic hydroxyl groups excluding tert-OH is 1. The molecule has 2 N–H and O–H groups in total. The lowest BCUT2D eigenvalue weighted by molar-refractivity contribution is -0.0267. The minimum Gasteiger partial charge on any atom is -0.508 e. The number of likely N-dealkylation sites (tertiary alicyclic amines) is 1. The highest BCUT2D eigenvalue weighted by Gasteiger charge is 2.53. The van der Waals surface area contributed by atoms with Crippen molar-refractivity contribution in [1.82, 2.24) is 19.9 Å². The van der Waals surface area contributed by atoms with Crippen molar-refractivity contribution in [2.24, 2.45) is 5.41 Å². The molecule has 11 nitrogen and oxygen atoms in total. The Morgan fingerprint density at radius 3 is 2.67 bits per heavy atom. The number of β-amino-alcohol motifs (C(OH)–C–C–N with tert-alkyl or cyclic N) is 1. The largest absolute Gasteiger partial charge is 0.508 e. The molecule has 2 aliphatic carbocycles. The van der Waals surface area contributed by atoms with Gasteiger partial charge in [-0.1, -0.05) is 31.2 Å². The summed E-state index contributed by atoms with van der Waals surface area (Å²) < 4.78 is 56.9. The molecular weight excluding hydrogens is 708 g/mol. The fourth-order valence-corrected chi connectivity index (χ4v) is 10.4. The van der Waals surface area contributed by atoms with Crippen LogP contribution in [0.1, 0.15) is 69.8 Å². The molecule has 290 valence electrons. The van der Waals surface area contributed by atoms with Crippen molar-refractivity contribution in [3.63, 3.8) is 0 Å². The number of ether oxygens (including phenoxy) is 4. The Labute approximate surface area is 318 Å². The van der Waals surface area contributed by atoms with E-state index in [2.05, 4.69) is 15.8 Å². The van der Waals surface area contributed by atoms with Crippen molar-refractivity contribution in [3.05, 3.63) is 41.5 Å². The molecule has 5 heterocycles. The van der Waals surface area contributed by atoms with Gasteiger partial charge in [0.2, 0.25) is 5.88 Å². The Morgan fingerprint density at radius 2 is 1.85 bits per heavy atom. The van der Waals surface area contributed by atoms with E-state index < -0.39 is 17.7 Å². The van der Waals surface area contributed by atoms with E-state index in [0.29, 0.717) is 37.2 Å². The first-order valence-electron chi connectivity index (χ1n) is 19.6. The highest BCUT2D eigenvalue weighted by atomic mass is 19.1. The smallest absolute Gasteiger partial charge is 0.319 e. The number of phenolic OH excluding ortho intramolecular Hbond substituents is 1. The summed E-state index contributed by atoms with van der Waals surface area (Å²) >= 11 is 0. The van der Waals surface area contributed by atoms with Gasteiger partial charge in [0.1, 0.15) is 34.0 Å². The van der Waals surface area contributed by atoms with Gasteiger partial charge in [0.05, 0.1) is 50.8 Å². The van der Waals surface area contributed by atoms with Crippen LogP contribution in [0.5, 0.6) is 17.6 Å². The maximum absolute atomic E-state index is 17.3. The van der Waals surface area contributed by atoms with Gasteiger partial charge in [0.25, 0.3) is 0 Å². The van der Waals surface area contributed by atoms with E-state index in [0.717, 1.165) is 64.5 Å². The lowest BCUT2D eigenvalue weighted by Crippen LogP contribution is -2.55. The molecule has 2 aromatic carbocycles. The third-order valence-electron chi connectivity index (χ3n) is 12.9. The van der Waals surface area contributed by atoms with Crippen LogP contribution in [0.2, 0.25) is 0 Å². The molecule has 5 aliphatic rings. The summed E-state index contributed by atoms with van der Waals surface area (Å²) in [6.07, 6.45) is 16.1. The molecule has 13 heteroatoms. The number of hydrogen-bond acceptors (Lipinski definition) is 11. The first-order valence-corrected chi connectivity index (χ1v) is 19.6. The SMILES string of the molecule is C#Cc1c(F)ccc2cc(O)cc(-c3nc(OC)c4c(N5CCOCC(O)C5)nc(OCC56CCCC5N(C5COC7(CCCC7)C5)CCC6)nc4c3F)c12. The van der Waals surface area contributed by atoms with E-state index in [-0.39, 0.29) is 80.7 Å². The van der Waals surface area contributed by atoms with E-state index in [1.54, 1.807) is 0 Å². The van der Waals surface area contributed by atoms with Gasteiger partial charge >= 0.3 is 6.01 Å². The fourth-order valence-electron chi connectivity index (χ4n) is 10.4. The first kappa shape index (κ1) is 36.3. The van der Waals surface area contributed by atoms with Gasteiger partial charge < -0.3 is 34.1 Å². The van der Waals surface area contributed by atoms with Crippen molar-refractivity contribution in [1.29, 1.82) is 0 Å². The van der Waals surface area contributed by atoms with Gasteiger partial charge in [0.15, 0.2) is 5.82 Å². The van der Waals surface area contributed by atoms with E-state index >= 15 is 8.78 Å². The second-order valence-corrected chi connectivity index (χ2v) is 16.1. The molecule has 2 aromatic heterocycles. The number of anilines is 1. The molecular formula is C42H47F2N5O6. The quantitative estimate of drug-likeness (QED) is 0.212. The number of phenols is 1. The molecule has 3 saturated heterocycles. The molecule has 0 bridgehead atoms. The Kier molecular flexibility index (Phi) is 9.44. The summed E-state index contributed by atoms with van der Waals surface area (Å²) in [5.41, 5.74) is -0.461. The monoisotopic (exact) mass is 755 g/mol. The Morgan fingerprint density at radius 1 is 1.02 bits per heavy atom. The van der Waals surface area contributed by atoms with E-state index in [9.17, 15) is 10.2 Å². The number of terminal acetylenes is 1. The number of piperidine rings is 1. The van der Waals surface area contributed by atoms with E-state index in [1.807, 2.05) is 4.90 Å². The minimum atomic E-state index is -0.849. The maximum atomic E-state index is 17.3. The number of benzene rings is 2. The molecule has 4 atom stereocenters. The van der Waals surface area contributed by atoms with Crippen molar-refractivity contribution < 1.29 is 37.9 Å². The number of nitrogens with zero attached hydrogens (tertiary/aromatic N) is 5. The van der Waals surface area contributed by atoms with Gasteiger partial charge in [-0.2, -0.15) is 9.97 Å². The normalized spacial score (nSPS) is 26.7. The fraction of sp³-hybridized carbons (Fsp3) is 0.548. The van der Waals surface area contributed by atoms with Crippen LogP contribution in [0, 0.1) is 29.4 Å². The van der Waals surface area contributed by atoms with Gasteiger partial charge in [0, 0.05) is 41.5 Å². The second kappa shape index (κ2) is 14.3. The number of fused-ring (bicyclic) bond motifs is 3. The van der Waals surface area contributed by atoms with Crippen LogP contribution in [0.3, 0.4) is 0 Å².